The van der Waals surface area contributed by atoms with Crippen LogP contribution in [0.25, 0.3) is 0 Å². The molecule has 0 radical (unpaired) electrons. The standard InChI is InChI=1S/C19H19F3N2O2/c20-19(21,22)15-7-3-4-8-16(15)24-17(25)23-12-18(26)10-9-13-5-1-2-6-14(13)11-18/h1-8,26H,9-12H2,(H2,23,24,25). The van der Waals surface area contributed by atoms with Gasteiger partial charge in [0.05, 0.1) is 16.9 Å². The Hall–Kier alpha value is -2.54. The van der Waals surface area contributed by atoms with Crippen LogP contribution in [-0.4, -0.2) is 23.3 Å². The number of para-hydroxylation sites is 1. The van der Waals surface area contributed by atoms with Crippen molar-refractivity contribution in [1.82, 2.24) is 5.32 Å². The van der Waals surface area contributed by atoms with Crippen molar-refractivity contribution in [3.8, 4) is 0 Å². The molecule has 4 nitrogen and oxygen atoms in total. The van der Waals surface area contributed by atoms with Crippen LogP contribution in [0.15, 0.2) is 48.5 Å². The number of rotatable bonds is 3. The molecule has 26 heavy (non-hydrogen) atoms. The van der Waals surface area contributed by atoms with E-state index in [0.717, 1.165) is 11.6 Å². The van der Waals surface area contributed by atoms with Gasteiger partial charge in [-0.15, -0.1) is 0 Å². The minimum absolute atomic E-state index is 0.0403. The third kappa shape index (κ3) is 4.16. The molecular weight excluding hydrogens is 345 g/mol. The highest BCUT2D eigenvalue weighted by Gasteiger charge is 2.34. The van der Waals surface area contributed by atoms with E-state index >= 15 is 0 Å². The number of alkyl halides is 3. The lowest BCUT2D eigenvalue weighted by atomic mass is 9.80. The lowest BCUT2D eigenvalue weighted by molar-refractivity contribution is -0.136. The molecule has 0 heterocycles. The zero-order valence-electron chi connectivity index (χ0n) is 13.9. The number of aliphatic hydroxyl groups is 1. The molecule has 2 aromatic carbocycles. The third-order valence-electron chi connectivity index (χ3n) is 4.56. The molecule has 0 aliphatic heterocycles. The molecule has 0 aromatic heterocycles. The fourth-order valence-corrected chi connectivity index (χ4v) is 3.19. The molecule has 3 rings (SSSR count). The summed E-state index contributed by atoms with van der Waals surface area (Å²) in [4.78, 5) is 12.0. The lowest BCUT2D eigenvalue weighted by Crippen LogP contribution is -2.47. The normalized spacial score (nSPS) is 19.5. The predicted molar refractivity (Wildman–Crippen MR) is 91.9 cm³/mol. The number of hydrogen-bond donors (Lipinski definition) is 3. The summed E-state index contributed by atoms with van der Waals surface area (Å²) in [5.74, 6) is 0. The van der Waals surface area contributed by atoms with E-state index in [1.54, 1.807) is 0 Å². The maximum Gasteiger partial charge on any atom is 0.418 e. The topological polar surface area (TPSA) is 61.4 Å². The number of carbonyl (C=O) groups excluding carboxylic acids is 1. The minimum atomic E-state index is -4.56. The van der Waals surface area contributed by atoms with Gasteiger partial charge in [-0.05, 0) is 36.1 Å². The molecule has 0 saturated heterocycles. The van der Waals surface area contributed by atoms with Gasteiger partial charge in [0, 0.05) is 13.0 Å². The highest BCUT2D eigenvalue weighted by atomic mass is 19.4. The molecule has 1 aliphatic carbocycles. The van der Waals surface area contributed by atoms with Gasteiger partial charge >= 0.3 is 12.2 Å². The van der Waals surface area contributed by atoms with Crippen molar-refractivity contribution in [2.75, 3.05) is 11.9 Å². The predicted octanol–water partition coefficient (Wildman–Crippen LogP) is 3.75. The van der Waals surface area contributed by atoms with Gasteiger partial charge in [0.1, 0.15) is 0 Å². The molecule has 0 fully saturated rings. The molecule has 1 unspecified atom stereocenters. The summed E-state index contributed by atoms with van der Waals surface area (Å²) in [7, 11) is 0. The first-order valence-electron chi connectivity index (χ1n) is 8.27. The number of urea groups is 1. The summed E-state index contributed by atoms with van der Waals surface area (Å²) in [5.41, 5.74) is -0.166. The van der Waals surface area contributed by atoms with Crippen molar-refractivity contribution in [1.29, 1.82) is 0 Å². The number of aryl methyl sites for hydroxylation is 1. The summed E-state index contributed by atoms with van der Waals surface area (Å²) in [6, 6.07) is 11.7. The first-order chi connectivity index (χ1) is 12.3. The second-order valence-corrected chi connectivity index (χ2v) is 6.52. The van der Waals surface area contributed by atoms with Crippen LogP contribution in [0.4, 0.5) is 23.7 Å². The number of amides is 2. The zero-order chi connectivity index (χ0) is 18.8. The SMILES string of the molecule is O=C(NCC1(O)CCc2ccccc2C1)Nc1ccccc1C(F)(F)F. The quantitative estimate of drug-likeness (QED) is 0.777. The molecule has 0 spiro atoms. The summed E-state index contributed by atoms with van der Waals surface area (Å²) < 4.78 is 38.9. The van der Waals surface area contributed by atoms with Crippen LogP contribution >= 0.6 is 0 Å². The Labute approximate surface area is 149 Å². The van der Waals surface area contributed by atoms with Gasteiger partial charge in [-0.1, -0.05) is 36.4 Å². The van der Waals surface area contributed by atoms with Crippen molar-refractivity contribution in [2.45, 2.75) is 31.0 Å². The summed E-state index contributed by atoms with van der Waals surface area (Å²) in [6.07, 6.45) is -3.01. The fraction of sp³-hybridized carbons (Fsp3) is 0.316. The molecule has 0 bridgehead atoms. The lowest BCUT2D eigenvalue weighted by Gasteiger charge is -2.33. The fourth-order valence-electron chi connectivity index (χ4n) is 3.19. The number of halogens is 3. The van der Waals surface area contributed by atoms with Gasteiger partial charge in [-0.2, -0.15) is 13.2 Å². The third-order valence-corrected chi connectivity index (χ3v) is 4.56. The molecule has 0 saturated carbocycles. The van der Waals surface area contributed by atoms with Gasteiger partial charge in [0.25, 0.3) is 0 Å². The Balaban J connectivity index is 1.62. The Kier molecular flexibility index (Phi) is 4.91. The Morgan fingerprint density at radius 3 is 2.46 bits per heavy atom. The van der Waals surface area contributed by atoms with Crippen LogP contribution in [0.1, 0.15) is 23.1 Å². The Morgan fingerprint density at radius 2 is 1.73 bits per heavy atom. The largest absolute Gasteiger partial charge is 0.418 e. The van der Waals surface area contributed by atoms with Crippen LogP contribution < -0.4 is 10.6 Å². The van der Waals surface area contributed by atoms with E-state index in [2.05, 4.69) is 10.6 Å². The second kappa shape index (κ2) is 6.99. The van der Waals surface area contributed by atoms with Gasteiger partial charge in [-0.3, -0.25) is 0 Å². The number of nitrogens with one attached hydrogen (secondary N) is 2. The van der Waals surface area contributed by atoms with Crippen molar-refractivity contribution in [2.24, 2.45) is 0 Å². The molecule has 1 atom stereocenters. The van der Waals surface area contributed by atoms with Crippen LogP contribution in [0, 0.1) is 0 Å². The summed E-state index contributed by atoms with van der Waals surface area (Å²) in [6.45, 7) is -0.0403. The first-order valence-corrected chi connectivity index (χ1v) is 8.27. The van der Waals surface area contributed by atoms with E-state index in [1.165, 1.54) is 23.8 Å². The molecule has 7 heteroatoms. The molecule has 138 valence electrons. The number of fused-ring (bicyclic) bond motifs is 1. The van der Waals surface area contributed by atoms with Crippen LogP contribution in [0.3, 0.4) is 0 Å². The zero-order valence-corrected chi connectivity index (χ0v) is 13.9. The number of anilines is 1. The highest BCUT2D eigenvalue weighted by molar-refractivity contribution is 5.90. The van der Waals surface area contributed by atoms with Crippen LogP contribution in [-0.2, 0) is 19.0 Å². The van der Waals surface area contributed by atoms with E-state index in [4.69, 9.17) is 0 Å². The maximum atomic E-state index is 13.0. The molecule has 3 N–H and O–H groups in total. The van der Waals surface area contributed by atoms with E-state index in [9.17, 15) is 23.1 Å². The summed E-state index contributed by atoms with van der Waals surface area (Å²) in [5, 5.41) is 15.4. The Morgan fingerprint density at radius 1 is 1.08 bits per heavy atom. The maximum absolute atomic E-state index is 13.0. The monoisotopic (exact) mass is 364 g/mol. The smallest absolute Gasteiger partial charge is 0.388 e. The number of carbonyl (C=O) groups is 1. The van der Waals surface area contributed by atoms with Crippen molar-refractivity contribution in [3.05, 3.63) is 65.2 Å². The van der Waals surface area contributed by atoms with E-state index in [1.807, 2.05) is 24.3 Å². The van der Waals surface area contributed by atoms with Crippen LogP contribution in [0.2, 0.25) is 0 Å². The number of hydrogen-bond acceptors (Lipinski definition) is 2. The van der Waals surface area contributed by atoms with Crippen molar-refractivity contribution < 1.29 is 23.1 Å². The average Bonchev–Trinajstić information content (AvgIpc) is 2.59. The second-order valence-electron chi connectivity index (χ2n) is 6.52. The van der Waals surface area contributed by atoms with Gasteiger partial charge in [0.15, 0.2) is 0 Å². The van der Waals surface area contributed by atoms with Gasteiger partial charge in [0.2, 0.25) is 0 Å². The van der Waals surface area contributed by atoms with Gasteiger partial charge < -0.3 is 15.7 Å². The highest BCUT2D eigenvalue weighted by Crippen LogP contribution is 2.34. The van der Waals surface area contributed by atoms with E-state index < -0.39 is 23.4 Å². The van der Waals surface area contributed by atoms with Gasteiger partial charge in [-0.25, -0.2) is 4.79 Å². The molecular formula is C19H19F3N2O2. The van der Waals surface area contributed by atoms with Crippen molar-refractivity contribution >= 4 is 11.7 Å². The molecule has 1 aliphatic rings. The van der Waals surface area contributed by atoms with Crippen LogP contribution in [0.5, 0.6) is 0 Å². The molecule has 2 aromatic rings. The Bertz CT molecular complexity index is 807. The first kappa shape index (κ1) is 18.3. The number of benzene rings is 2. The average molecular weight is 364 g/mol. The molecule has 2 amide bonds. The summed E-state index contributed by atoms with van der Waals surface area (Å²) >= 11 is 0. The van der Waals surface area contributed by atoms with Crippen molar-refractivity contribution in [3.63, 3.8) is 0 Å². The van der Waals surface area contributed by atoms with E-state index in [0.29, 0.717) is 19.3 Å². The minimum Gasteiger partial charge on any atom is -0.388 e. The van der Waals surface area contributed by atoms with E-state index in [-0.39, 0.29) is 12.2 Å².